The fourth-order valence-electron chi connectivity index (χ4n) is 1.89. The molecule has 0 radical (unpaired) electrons. The number of halogens is 2. The zero-order valence-electron chi connectivity index (χ0n) is 10.6. The number of rotatable bonds is 3. The van der Waals surface area contributed by atoms with Gasteiger partial charge in [-0.2, -0.15) is 0 Å². The molecule has 0 atom stereocenters. The summed E-state index contributed by atoms with van der Waals surface area (Å²) in [7, 11) is 0. The minimum Gasteiger partial charge on any atom is -0.454 e. The number of nitrogens with zero attached hydrogens (tertiary/aromatic N) is 2. The lowest BCUT2D eigenvalue weighted by Gasteiger charge is -2.08. The third-order valence-corrected chi connectivity index (χ3v) is 3.94. The highest BCUT2D eigenvalue weighted by Gasteiger charge is 2.19. The molecule has 1 aromatic heterocycles. The fourth-order valence-corrected chi connectivity index (χ4v) is 2.78. The molecule has 0 saturated heterocycles. The van der Waals surface area contributed by atoms with Crippen LogP contribution in [0.15, 0.2) is 27.3 Å². The molecule has 0 fully saturated rings. The first-order valence-corrected chi connectivity index (χ1v) is 7.63. The molecule has 5 nitrogen and oxygen atoms in total. The van der Waals surface area contributed by atoms with Gasteiger partial charge >= 0.3 is 0 Å². The van der Waals surface area contributed by atoms with E-state index in [9.17, 15) is 0 Å². The summed E-state index contributed by atoms with van der Waals surface area (Å²) in [5.74, 6) is 2.82. The number of anilines is 1. The first-order chi connectivity index (χ1) is 9.69. The van der Waals surface area contributed by atoms with E-state index in [4.69, 9.17) is 9.47 Å². The normalized spacial score (nSPS) is 12.6. The molecule has 1 aliphatic heterocycles. The van der Waals surface area contributed by atoms with Gasteiger partial charge in [-0.15, -0.1) is 0 Å². The van der Waals surface area contributed by atoms with Crippen molar-refractivity contribution in [2.75, 3.05) is 18.7 Å². The molecular formula is C13H11Br2N3O2. The first kappa shape index (κ1) is 13.6. The minimum absolute atomic E-state index is 0.237. The largest absolute Gasteiger partial charge is 0.454 e. The molecule has 1 aliphatic rings. The Morgan fingerprint density at radius 3 is 2.90 bits per heavy atom. The van der Waals surface area contributed by atoms with Crippen molar-refractivity contribution < 1.29 is 9.47 Å². The van der Waals surface area contributed by atoms with Crippen molar-refractivity contribution in [3.05, 3.63) is 27.3 Å². The second-order valence-electron chi connectivity index (χ2n) is 4.11. The van der Waals surface area contributed by atoms with Crippen molar-refractivity contribution in [1.82, 2.24) is 9.97 Å². The van der Waals surface area contributed by atoms with Gasteiger partial charge in [0.1, 0.15) is 5.82 Å². The van der Waals surface area contributed by atoms with Gasteiger partial charge in [-0.05, 0) is 50.9 Å². The molecule has 1 aromatic carbocycles. The van der Waals surface area contributed by atoms with E-state index < -0.39 is 0 Å². The number of nitrogens with one attached hydrogen (secondary N) is 1. The highest BCUT2D eigenvalue weighted by Crippen LogP contribution is 2.42. The minimum atomic E-state index is 0.237. The van der Waals surface area contributed by atoms with Gasteiger partial charge in [0.15, 0.2) is 17.3 Å². The van der Waals surface area contributed by atoms with Gasteiger partial charge in [-0.25, -0.2) is 9.97 Å². The average Bonchev–Trinajstić information content (AvgIpc) is 2.90. The maximum Gasteiger partial charge on any atom is 0.231 e. The molecule has 0 bridgehead atoms. The Bertz CT molecular complexity index is 664. The van der Waals surface area contributed by atoms with E-state index in [-0.39, 0.29) is 6.79 Å². The second-order valence-corrected chi connectivity index (χ2v) is 5.82. The number of aromatic nitrogens is 2. The summed E-state index contributed by atoms with van der Waals surface area (Å²) in [6, 6.07) is 3.80. The van der Waals surface area contributed by atoms with Gasteiger partial charge in [0.25, 0.3) is 0 Å². The van der Waals surface area contributed by atoms with Crippen LogP contribution < -0.4 is 14.8 Å². The Kier molecular flexibility index (Phi) is 3.80. The number of ether oxygens (including phenoxy) is 2. The fraction of sp³-hybridized carbons (Fsp3) is 0.231. The Labute approximate surface area is 133 Å². The Balaban J connectivity index is 2.05. The third kappa shape index (κ3) is 2.47. The van der Waals surface area contributed by atoms with Gasteiger partial charge in [0.2, 0.25) is 6.79 Å². The van der Waals surface area contributed by atoms with Crippen LogP contribution in [0, 0.1) is 0 Å². The molecular weight excluding hydrogens is 390 g/mol. The van der Waals surface area contributed by atoms with Crippen molar-refractivity contribution in [2.45, 2.75) is 6.92 Å². The quantitative estimate of drug-likeness (QED) is 0.848. The zero-order valence-corrected chi connectivity index (χ0v) is 13.8. The molecule has 0 saturated carbocycles. The van der Waals surface area contributed by atoms with E-state index in [0.29, 0.717) is 11.6 Å². The molecule has 0 spiro atoms. The summed E-state index contributed by atoms with van der Waals surface area (Å²) < 4.78 is 12.5. The van der Waals surface area contributed by atoms with E-state index in [2.05, 4.69) is 47.1 Å². The van der Waals surface area contributed by atoms with Crippen LogP contribution >= 0.6 is 31.9 Å². The van der Waals surface area contributed by atoms with Gasteiger partial charge in [-0.1, -0.05) is 0 Å². The van der Waals surface area contributed by atoms with Gasteiger partial charge in [0, 0.05) is 18.3 Å². The Morgan fingerprint density at radius 1 is 1.25 bits per heavy atom. The highest BCUT2D eigenvalue weighted by atomic mass is 79.9. The molecule has 104 valence electrons. The summed E-state index contributed by atoms with van der Waals surface area (Å²) >= 11 is 6.90. The lowest BCUT2D eigenvalue weighted by Crippen LogP contribution is -2.02. The van der Waals surface area contributed by atoms with Crippen LogP contribution in [0.5, 0.6) is 11.5 Å². The average molecular weight is 401 g/mol. The summed E-state index contributed by atoms with van der Waals surface area (Å²) in [6.07, 6.45) is 1.73. The maximum atomic E-state index is 5.41. The predicted octanol–water partition coefficient (Wildman–Crippen LogP) is 3.83. The first-order valence-electron chi connectivity index (χ1n) is 6.05. The molecule has 0 unspecified atom stereocenters. The van der Waals surface area contributed by atoms with E-state index in [1.165, 1.54) is 0 Å². The summed E-state index contributed by atoms with van der Waals surface area (Å²) in [6.45, 7) is 3.05. The van der Waals surface area contributed by atoms with E-state index in [0.717, 1.165) is 32.6 Å². The van der Waals surface area contributed by atoms with Crippen molar-refractivity contribution in [3.8, 4) is 22.9 Å². The monoisotopic (exact) mass is 399 g/mol. The standard InChI is InChI=1S/C13H11Br2N3O2/c1-2-16-13-9(15)5-17-12(18-13)7-3-8(14)11-10(4-7)19-6-20-11/h3-5H,2,6H2,1H3,(H,16,17,18). The van der Waals surface area contributed by atoms with Gasteiger partial charge < -0.3 is 14.8 Å². The second kappa shape index (κ2) is 5.57. The Morgan fingerprint density at radius 2 is 2.10 bits per heavy atom. The van der Waals surface area contributed by atoms with Gasteiger partial charge in [-0.3, -0.25) is 0 Å². The van der Waals surface area contributed by atoms with Crippen LogP contribution in [-0.2, 0) is 0 Å². The van der Waals surface area contributed by atoms with Crippen molar-refractivity contribution in [2.24, 2.45) is 0 Å². The molecule has 7 heteroatoms. The molecule has 3 rings (SSSR count). The Hall–Kier alpha value is -1.34. The smallest absolute Gasteiger partial charge is 0.231 e. The van der Waals surface area contributed by atoms with E-state index in [1.54, 1.807) is 6.20 Å². The lowest BCUT2D eigenvalue weighted by molar-refractivity contribution is 0.173. The number of hydrogen-bond acceptors (Lipinski definition) is 5. The molecule has 2 heterocycles. The summed E-state index contributed by atoms with van der Waals surface area (Å²) in [5, 5.41) is 3.19. The summed E-state index contributed by atoms with van der Waals surface area (Å²) in [5.41, 5.74) is 0.868. The molecule has 20 heavy (non-hydrogen) atoms. The molecule has 0 aliphatic carbocycles. The van der Waals surface area contributed by atoms with E-state index in [1.807, 2.05) is 19.1 Å². The number of benzene rings is 1. The predicted molar refractivity (Wildman–Crippen MR) is 83.2 cm³/mol. The van der Waals surface area contributed by atoms with Crippen LogP contribution in [0.3, 0.4) is 0 Å². The van der Waals surface area contributed by atoms with Gasteiger partial charge in [0.05, 0.1) is 8.95 Å². The van der Waals surface area contributed by atoms with Crippen LogP contribution in [0.4, 0.5) is 5.82 Å². The maximum absolute atomic E-state index is 5.41. The summed E-state index contributed by atoms with van der Waals surface area (Å²) in [4.78, 5) is 8.86. The zero-order chi connectivity index (χ0) is 14.1. The number of fused-ring (bicyclic) bond motifs is 1. The third-order valence-electron chi connectivity index (χ3n) is 2.77. The van der Waals surface area contributed by atoms with Crippen molar-refractivity contribution in [1.29, 1.82) is 0 Å². The molecule has 0 amide bonds. The molecule has 2 aromatic rings. The van der Waals surface area contributed by atoms with Crippen molar-refractivity contribution >= 4 is 37.7 Å². The topological polar surface area (TPSA) is 56.3 Å². The van der Waals surface area contributed by atoms with Crippen LogP contribution in [-0.4, -0.2) is 23.3 Å². The molecule has 1 N–H and O–H groups in total. The van der Waals surface area contributed by atoms with E-state index >= 15 is 0 Å². The van der Waals surface area contributed by atoms with Crippen LogP contribution in [0.2, 0.25) is 0 Å². The van der Waals surface area contributed by atoms with Crippen LogP contribution in [0.25, 0.3) is 11.4 Å². The van der Waals surface area contributed by atoms with Crippen molar-refractivity contribution in [3.63, 3.8) is 0 Å². The SMILES string of the molecule is CCNc1nc(-c2cc(Br)c3c(c2)OCO3)ncc1Br. The lowest BCUT2D eigenvalue weighted by atomic mass is 10.2. The van der Waals surface area contributed by atoms with Crippen LogP contribution in [0.1, 0.15) is 6.92 Å². The highest BCUT2D eigenvalue weighted by molar-refractivity contribution is 9.11. The number of hydrogen-bond donors (Lipinski definition) is 1.